The first-order valence-corrected chi connectivity index (χ1v) is 8.47. The maximum absolute atomic E-state index is 12.7. The molecule has 0 saturated carbocycles. The third-order valence-electron chi connectivity index (χ3n) is 2.68. The molecule has 0 saturated heterocycles. The number of alkyl halides is 3. The van der Waals surface area contributed by atoms with Gasteiger partial charge in [-0.2, -0.15) is 0 Å². The van der Waals surface area contributed by atoms with Gasteiger partial charge in [0.25, 0.3) is 6.43 Å². The average molecular weight is 371 g/mol. The van der Waals surface area contributed by atoms with Gasteiger partial charge in [0.05, 0.1) is 12.2 Å². The zero-order valence-electron chi connectivity index (χ0n) is 11.3. The lowest BCUT2D eigenvalue weighted by Gasteiger charge is -2.26. The number of rotatable bonds is 7. The van der Waals surface area contributed by atoms with Gasteiger partial charge in [-0.15, -0.1) is 0 Å². The molecule has 114 valence electrons. The number of nitrogens with zero attached hydrogens (tertiary/aromatic N) is 2. The molecule has 0 atom stereocenters. The summed E-state index contributed by atoms with van der Waals surface area (Å²) in [6.07, 6.45) is -2.54. The topological polar surface area (TPSA) is 40.6 Å². The molecule has 0 aliphatic rings. The van der Waals surface area contributed by atoms with Crippen molar-refractivity contribution in [1.29, 1.82) is 0 Å². The number of anilines is 1. The van der Waals surface area contributed by atoms with Crippen LogP contribution in [0.2, 0.25) is 0 Å². The molecule has 0 N–H and O–H groups in total. The van der Waals surface area contributed by atoms with Gasteiger partial charge < -0.3 is 4.90 Å². The molecule has 0 amide bonds. The van der Waals surface area contributed by atoms with Crippen LogP contribution in [0.1, 0.15) is 0 Å². The zero-order valence-corrected chi connectivity index (χ0v) is 13.7. The Morgan fingerprint density at radius 1 is 1.25 bits per heavy atom. The molecule has 0 bridgehead atoms. The van der Waals surface area contributed by atoms with Crippen molar-refractivity contribution in [3.05, 3.63) is 24.3 Å². The van der Waals surface area contributed by atoms with Crippen molar-refractivity contribution < 1.29 is 17.2 Å². The van der Waals surface area contributed by atoms with Gasteiger partial charge in [-0.25, -0.2) is 21.5 Å². The van der Waals surface area contributed by atoms with Crippen LogP contribution >= 0.6 is 15.9 Å². The van der Waals surface area contributed by atoms with Gasteiger partial charge in [0.15, 0.2) is 0 Å². The minimum Gasteiger partial charge on any atom is -0.364 e. The van der Waals surface area contributed by atoms with Crippen molar-refractivity contribution in [3.8, 4) is 0 Å². The molecule has 1 rings (SSSR count). The van der Waals surface area contributed by atoms with Crippen molar-refractivity contribution in [2.24, 2.45) is 0 Å². The summed E-state index contributed by atoms with van der Waals surface area (Å²) in [6.45, 7) is -0.212. The summed E-state index contributed by atoms with van der Waals surface area (Å²) in [6, 6.07) is 6.18. The highest BCUT2D eigenvalue weighted by atomic mass is 79.9. The molecule has 0 heterocycles. The molecule has 0 radical (unpaired) electrons. The van der Waals surface area contributed by atoms with Crippen LogP contribution in [0.4, 0.5) is 14.5 Å². The molecule has 0 spiro atoms. The van der Waals surface area contributed by atoms with E-state index in [2.05, 4.69) is 15.9 Å². The molecule has 4 nitrogen and oxygen atoms in total. The van der Waals surface area contributed by atoms with E-state index in [1.54, 1.807) is 18.2 Å². The van der Waals surface area contributed by atoms with Crippen LogP contribution in [0.25, 0.3) is 0 Å². The Hall–Kier alpha value is -0.730. The van der Waals surface area contributed by atoms with Crippen LogP contribution in [-0.2, 0) is 10.0 Å². The van der Waals surface area contributed by atoms with Crippen LogP contribution in [0.15, 0.2) is 29.2 Å². The van der Waals surface area contributed by atoms with E-state index in [4.69, 9.17) is 0 Å². The van der Waals surface area contributed by atoms with Gasteiger partial charge in [0.2, 0.25) is 10.0 Å². The van der Waals surface area contributed by atoms with E-state index in [0.717, 1.165) is 4.31 Å². The molecular formula is C12H17BrF2N2O2S. The van der Waals surface area contributed by atoms with Crippen molar-refractivity contribution in [2.45, 2.75) is 11.3 Å². The molecule has 8 heteroatoms. The summed E-state index contributed by atoms with van der Waals surface area (Å²) in [5, 5.41) is 0.468. The summed E-state index contributed by atoms with van der Waals surface area (Å²) in [5.41, 5.74) is 0.293. The van der Waals surface area contributed by atoms with E-state index < -0.39 is 23.0 Å². The van der Waals surface area contributed by atoms with Gasteiger partial charge in [-0.3, -0.25) is 0 Å². The summed E-state index contributed by atoms with van der Waals surface area (Å²) in [4.78, 5) is 1.40. The SMILES string of the molecule is CN(C)S(=O)(=O)c1ccccc1N(CCBr)CC(F)F. The van der Waals surface area contributed by atoms with Crippen molar-refractivity contribution in [1.82, 2.24) is 4.31 Å². The van der Waals surface area contributed by atoms with E-state index in [9.17, 15) is 17.2 Å². The Kier molecular flexibility index (Phi) is 6.35. The highest BCUT2D eigenvalue weighted by Crippen LogP contribution is 2.27. The number of halogens is 3. The van der Waals surface area contributed by atoms with Gasteiger partial charge in [0.1, 0.15) is 4.90 Å². The van der Waals surface area contributed by atoms with Gasteiger partial charge >= 0.3 is 0 Å². The molecule has 0 unspecified atom stereocenters. The number of sulfonamides is 1. The summed E-state index contributed by atoms with van der Waals surface area (Å²) < 4.78 is 50.9. The number of hydrogen-bond acceptors (Lipinski definition) is 3. The fraction of sp³-hybridized carbons (Fsp3) is 0.500. The normalized spacial score (nSPS) is 12.2. The largest absolute Gasteiger partial charge is 0.364 e. The molecule has 20 heavy (non-hydrogen) atoms. The number of para-hydroxylation sites is 1. The molecule has 0 aliphatic carbocycles. The fourth-order valence-electron chi connectivity index (χ4n) is 1.71. The van der Waals surface area contributed by atoms with Crippen molar-refractivity contribution in [2.75, 3.05) is 37.4 Å². The number of hydrogen-bond donors (Lipinski definition) is 0. The number of benzene rings is 1. The Labute approximate surface area is 126 Å². The van der Waals surface area contributed by atoms with E-state index in [1.807, 2.05) is 0 Å². The van der Waals surface area contributed by atoms with Crippen LogP contribution in [0, 0.1) is 0 Å². The Morgan fingerprint density at radius 3 is 2.35 bits per heavy atom. The monoisotopic (exact) mass is 370 g/mol. The molecule has 0 aromatic heterocycles. The van der Waals surface area contributed by atoms with E-state index in [0.29, 0.717) is 17.6 Å². The van der Waals surface area contributed by atoms with Gasteiger partial charge in [-0.1, -0.05) is 28.1 Å². The first kappa shape index (κ1) is 17.3. The van der Waals surface area contributed by atoms with Crippen molar-refractivity contribution >= 4 is 31.6 Å². The zero-order chi connectivity index (χ0) is 15.3. The first-order chi connectivity index (χ1) is 9.30. The summed E-state index contributed by atoms with van der Waals surface area (Å²) in [5.74, 6) is 0. The molecule has 0 aliphatic heterocycles. The van der Waals surface area contributed by atoms with Crippen LogP contribution in [0.3, 0.4) is 0 Å². The van der Waals surface area contributed by atoms with E-state index >= 15 is 0 Å². The van der Waals surface area contributed by atoms with Gasteiger partial charge in [-0.05, 0) is 12.1 Å². The highest BCUT2D eigenvalue weighted by molar-refractivity contribution is 9.09. The summed E-state index contributed by atoms with van der Waals surface area (Å²) >= 11 is 3.19. The second-order valence-corrected chi connectivity index (χ2v) is 7.19. The highest BCUT2D eigenvalue weighted by Gasteiger charge is 2.24. The van der Waals surface area contributed by atoms with E-state index in [1.165, 1.54) is 25.1 Å². The predicted molar refractivity (Wildman–Crippen MR) is 79.3 cm³/mol. The molecule has 1 aromatic carbocycles. The van der Waals surface area contributed by atoms with Crippen LogP contribution in [-0.4, -0.2) is 51.7 Å². The van der Waals surface area contributed by atoms with Crippen LogP contribution < -0.4 is 4.90 Å². The first-order valence-electron chi connectivity index (χ1n) is 5.91. The lowest BCUT2D eigenvalue weighted by Crippen LogP contribution is -2.33. The quantitative estimate of drug-likeness (QED) is 0.692. The van der Waals surface area contributed by atoms with Gasteiger partial charge in [0, 0.05) is 26.0 Å². The van der Waals surface area contributed by atoms with Crippen LogP contribution in [0.5, 0.6) is 0 Å². The second kappa shape index (κ2) is 7.33. The summed E-state index contributed by atoms with van der Waals surface area (Å²) in [7, 11) is -0.854. The Bertz CT molecular complexity index is 538. The second-order valence-electron chi connectivity index (χ2n) is 4.28. The third kappa shape index (κ3) is 4.13. The average Bonchev–Trinajstić information content (AvgIpc) is 2.37. The van der Waals surface area contributed by atoms with Crippen molar-refractivity contribution in [3.63, 3.8) is 0 Å². The Morgan fingerprint density at radius 2 is 1.85 bits per heavy atom. The molecule has 1 aromatic rings. The molecular weight excluding hydrogens is 354 g/mol. The minimum absolute atomic E-state index is 0.0339. The Balaban J connectivity index is 3.29. The molecule has 0 fully saturated rings. The maximum Gasteiger partial charge on any atom is 0.255 e. The third-order valence-corrected chi connectivity index (χ3v) is 4.89. The maximum atomic E-state index is 12.7. The predicted octanol–water partition coefficient (Wildman–Crippen LogP) is 2.40. The van der Waals surface area contributed by atoms with E-state index in [-0.39, 0.29) is 4.90 Å². The fourth-order valence-corrected chi connectivity index (χ4v) is 3.25. The lowest BCUT2D eigenvalue weighted by atomic mass is 10.3. The smallest absolute Gasteiger partial charge is 0.255 e. The minimum atomic E-state index is -3.68. The lowest BCUT2D eigenvalue weighted by molar-refractivity contribution is 0.155. The standard InChI is InChI=1S/C12H17BrF2N2O2S/c1-16(2)20(18,19)11-6-4-3-5-10(11)17(8-7-13)9-12(14)15/h3-6,12H,7-9H2,1-2H3.